The lowest BCUT2D eigenvalue weighted by molar-refractivity contribution is 0.772. The Morgan fingerprint density at radius 2 is 2.10 bits per heavy atom. The minimum absolute atomic E-state index is 0.263. The summed E-state index contributed by atoms with van der Waals surface area (Å²) in [6.07, 6.45) is 0. The number of nitrogens with one attached hydrogen (secondary N) is 1. The maximum Gasteiger partial charge on any atom is 0.186 e. The number of fused-ring (bicyclic) bond motifs is 1. The molecule has 3 N–H and O–H groups in total. The minimum atomic E-state index is 0.263. The van der Waals surface area contributed by atoms with Crippen LogP contribution in [0.5, 0.6) is 0 Å². The number of aromatic amines is 1. The van der Waals surface area contributed by atoms with Crippen LogP contribution in [0.25, 0.3) is 16.7 Å². The van der Waals surface area contributed by atoms with Crippen LogP contribution in [0.15, 0.2) is 18.2 Å². The van der Waals surface area contributed by atoms with E-state index in [2.05, 4.69) is 29.1 Å². The Bertz CT molecular complexity index is 784. The first-order valence-electron chi connectivity index (χ1n) is 6.48. The molecule has 0 aliphatic carbocycles. The molecule has 5 nitrogen and oxygen atoms in total. The van der Waals surface area contributed by atoms with Crippen LogP contribution in [0, 0.1) is 6.92 Å². The van der Waals surface area contributed by atoms with E-state index in [1.165, 1.54) is 0 Å². The molecule has 0 fully saturated rings. The van der Waals surface area contributed by atoms with Crippen LogP contribution in [-0.4, -0.2) is 20.0 Å². The Hall–Kier alpha value is -2.01. The van der Waals surface area contributed by atoms with Crippen LogP contribution in [0.4, 0.5) is 5.82 Å². The second-order valence-electron chi connectivity index (χ2n) is 5.22. The maximum absolute atomic E-state index is 6.20. The molecule has 0 saturated carbocycles. The van der Waals surface area contributed by atoms with Crippen LogP contribution < -0.4 is 5.73 Å². The van der Waals surface area contributed by atoms with Gasteiger partial charge in [0.2, 0.25) is 0 Å². The summed E-state index contributed by atoms with van der Waals surface area (Å²) in [4.78, 5) is 0. The first-order valence-corrected chi connectivity index (χ1v) is 6.86. The van der Waals surface area contributed by atoms with Crippen LogP contribution in [0.2, 0.25) is 5.02 Å². The number of rotatable bonds is 2. The topological polar surface area (TPSA) is 72.5 Å². The lowest BCUT2D eigenvalue weighted by atomic mass is 10.1. The van der Waals surface area contributed by atoms with Gasteiger partial charge in [0.15, 0.2) is 5.65 Å². The van der Waals surface area contributed by atoms with E-state index >= 15 is 0 Å². The number of nitrogens with zero attached hydrogens (tertiary/aromatic N) is 3. The predicted octanol–water partition coefficient (Wildman–Crippen LogP) is 3.42. The van der Waals surface area contributed by atoms with E-state index in [0.29, 0.717) is 10.8 Å². The molecule has 0 aliphatic rings. The van der Waals surface area contributed by atoms with E-state index in [0.717, 1.165) is 28.0 Å². The minimum Gasteiger partial charge on any atom is -0.383 e. The fourth-order valence-electron chi connectivity index (χ4n) is 2.25. The average molecular weight is 290 g/mol. The van der Waals surface area contributed by atoms with Crippen molar-refractivity contribution in [3.05, 3.63) is 34.5 Å². The molecule has 20 heavy (non-hydrogen) atoms. The molecular formula is C14H16ClN5. The Morgan fingerprint density at radius 1 is 1.35 bits per heavy atom. The van der Waals surface area contributed by atoms with Gasteiger partial charge in [0.25, 0.3) is 0 Å². The third kappa shape index (κ3) is 1.86. The third-order valence-corrected chi connectivity index (χ3v) is 3.79. The Labute approximate surface area is 121 Å². The van der Waals surface area contributed by atoms with Crippen LogP contribution >= 0.6 is 11.6 Å². The molecule has 6 heteroatoms. The summed E-state index contributed by atoms with van der Waals surface area (Å²) in [5.41, 5.74) is 9.53. The van der Waals surface area contributed by atoms with Crippen molar-refractivity contribution in [1.29, 1.82) is 0 Å². The van der Waals surface area contributed by atoms with Gasteiger partial charge in [-0.25, -0.2) is 4.68 Å². The third-order valence-electron chi connectivity index (χ3n) is 3.39. The van der Waals surface area contributed by atoms with Crippen molar-refractivity contribution in [1.82, 2.24) is 20.0 Å². The van der Waals surface area contributed by atoms with Gasteiger partial charge >= 0.3 is 0 Å². The van der Waals surface area contributed by atoms with Crippen molar-refractivity contribution in [2.24, 2.45) is 0 Å². The average Bonchev–Trinajstić information content (AvgIpc) is 2.94. The number of H-pyrrole nitrogens is 1. The number of hydrogen-bond acceptors (Lipinski definition) is 3. The Balaban J connectivity index is 2.28. The number of hydrogen-bond donors (Lipinski definition) is 2. The quantitative estimate of drug-likeness (QED) is 0.759. The summed E-state index contributed by atoms with van der Waals surface area (Å²) in [6.45, 7) is 6.14. The SMILES string of the molecule is Cc1ccc(-n2nc(C(C)C)c3c(N)[nH]nc32)cc1Cl. The normalized spacial score (nSPS) is 11.7. The van der Waals surface area contributed by atoms with Gasteiger partial charge in [-0.1, -0.05) is 31.5 Å². The van der Waals surface area contributed by atoms with Crippen LogP contribution in [0.3, 0.4) is 0 Å². The van der Waals surface area contributed by atoms with Gasteiger partial charge in [-0.15, -0.1) is 0 Å². The molecule has 0 atom stereocenters. The largest absolute Gasteiger partial charge is 0.383 e. The van der Waals surface area contributed by atoms with Crippen LogP contribution in [-0.2, 0) is 0 Å². The molecule has 0 radical (unpaired) electrons. The highest BCUT2D eigenvalue weighted by atomic mass is 35.5. The summed E-state index contributed by atoms with van der Waals surface area (Å²) >= 11 is 6.20. The molecule has 0 aliphatic heterocycles. The first kappa shape index (κ1) is 13.0. The van der Waals surface area contributed by atoms with Crippen molar-refractivity contribution in [3.8, 4) is 5.69 Å². The monoisotopic (exact) mass is 289 g/mol. The van der Waals surface area contributed by atoms with Gasteiger partial charge in [-0.05, 0) is 30.5 Å². The standard InChI is InChI=1S/C14H16ClN5/c1-7(2)12-11-13(16)17-18-14(11)20(19-12)9-5-4-8(3)10(15)6-9/h4-7H,1-3H3,(H3,16,17,18). The fourth-order valence-corrected chi connectivity index (χ4v) is 2.43. The van der Waals surface area contributed by atoms with E-state index in [-0.39, 0.29) is 5.92 Å². The summed E-state index contributed by atoms with van der Waals surface area (Å²) in [5.74, 6) is 0.813. The molecule has 3 rings (SSSR count). The number of aryl methyl sites for hydroxylation is 1. The summed E-state index contributed by atoms with van der Waals surface area (Å²) in [6, 6.07) is 5.83. The van der Waals surface area contributed by atoms with Gasteiger partial charge in [0, 0.05) is 5.02 Å². The van der Waals surface area contributed by atoms with Gasteiger partial charge in [0.1, 0.15) is 5.82 Å². The number of halogens is 1. The smallest absolute Gasteiger partial charge is 0.186 e. The van der Waals surface area contributed by atoms with E-state index in [1.807, 2.05) is 25.1 Å². The van der Waals surface area contributed by atoms with Gasteiger partial charge < -0.3 is 5.73 Å². The molecule has 0 amide bonds. The fraction of sp³-hybridized carbons (Fsp3) is 0.286. The number of aromatic nitrogens is 4. The molecule has 1 aromatic carbocycles. The van der Waals surface area contributed by atoms with Gasteiger partial charge in [-0.2, -0.15) is 10.2 Å². The molecule has 0 saturated heterocycles. The predicted molar refractivity (Wildman–Crippen MR) is 81.5 cm³/mol. The lowest BCUT2D eigenvalue weighted by Crippen LogP contribution is -2.00. The molecule has 0 bridgehead atoms. The van der Waals surface area contributed by atoms with Crippen LogP contribution in [0.1, 0.15) is 31.0 Å². The summed E-state index contributed by atoms with van der Waals surface area (Å²) in [5, 5.41) is 13.3. The van der Waals surface area contributed by atoms with Gasteiger partial charge in [0.05, 0.1) is 16.8 Å². The Kier molecular flexibility index (Phi) is 2.94. The van der Waals surface area contributed by atoms with E-state index in [4.69, 9.17) is 17.3 Å². The van der Waals surface area contributed by atoms with Crippen molar-refractivity contribution < 1.29 is 0 Å². The molecule has 0 spiro atoms. The first-order chi connectivity index (χ1) is 9.49. The number of nitrogens with two attached hydrogens (primary N) is 1. The Morgan fingerprint density at radius 3 is 2.75 bits per heavy atom. The van der Waals surface area contributed by atoms with Crippen molar-refractivity contribution in [3.63, 3.8) is 0 Å². The lowest BCUT2D eigenvalue weighted by Gasteiger charge is -2.05. The van der Waals surface area contributed by atoms with Crippen molar-refractivity contribution >= 4 is 28.5 Å². The molecule has 0 unspecified atom stereocenters. The number of benzene rings is 1. The van der Waals surface area contributed by atoms with E-state index in [1.54, 1.807) is 4.68 Å². The highest BCUT2D eigenvalue weighted by molar-refractivity contribution is 6.31. The molecule has 2 heterocycles. The summed E-state index contributed by atoms with van der Waals surface area (Å²) in [7, 11) is 0. The number of nitrogen functional groups attached to an aromatic ring is 1. The van der Waals surface area contributed by atoms with E-state index in [9.17, 15) is 0 Å². The second kappa shape index (κ2) is 4.52. The molecule has 2 aromatic heterocycles. The highest BCUT2D eigenvalue weighted by Crippen LogP contribution is 2.30. The van der Waals surface area contributed by atoms with Crippen molar-refractivity contribution in [2.45, 2.75) is 26.7 Å². The zero-order valence-corrected chi connectivity index (χ0v) is 12.4. The molecule has 104 valence electrons. The zero-order valence-electron chi connectivity index (χ0n) is 11.6. The molecule has 3 aromatic rings. The highest BCUT2D eigenvalue weighted by Gasteiger charge is 2.19. The van der Waals surface area contributed by atoms with Crippen molar-refractivity contribution in [2.75, 3.05) is 5.73 Å². The number of anilines is 1. The maximum atomic E-state index is 6.20. The summed E-state index contributed by atoms with van der Waals surface area (Å²) < 4.78 is 1.78. The second-order valence-corrected chi connectivity index (χ2v) is 5.63. The zero-order chi connectivity index (χ0) is 14.4. The molecular weight excluding hydrogens is 274 g/mol. The van der Waals surface area contributed by atoms with E-state index < -0.39 is 0 Å². The van der Waals surface area contributed by atoms with Gasteiger partial charge in [-0.3, -0.25) is 5.10 Å².